The van der Waals surface area contributed by atoms with Gasteiger partial charge in [-0.25, -0.2) is 0 Å². The van der Waals surface area contributed by atoms with Crippen LogP contribution in [0.4, 0.5) is 0 Å². The lowest BCUT2D eigenvalue weighted by atomic mass is 9.78. The third-order valence-electron chi connectivity index (χ3n) is 2.72. The highest BCUT2D eigenvalue weighted by molar-refractivity contribution is 6.04. The Hall–Kier alpha value is -0.660. The van der Waals surface area contributed by atoms with Gasteiger partial charge in [0.1, 0.15) is 11.6 Å². The van der Waals surface area contributed by atoms with Crippen LogP contribution in [0, 0.1) is 11.8 Å². The maximum atomic E-state index is 11.5. The molecule has 1 saturated carbocycles. The van der Waals surface area contributed by atoms with Crippen molar-refractivity contribution in [3.05, 3.63) is 0 Å². The number of unbranched alkanes of at least 4 members (excludes halogenated alkanes) is 1. The number of hydrogen-bond donors (Lipinski definition) is 0. The average molecular weight is 182 g/mol. The van der Waals surface area contributed by atoms with Crippen molar-refractivity contribution >= 4 is 11.6 Å². The van der Waals surface area contributed by atoms with Crippen LogP contribution < -0.4 is 0 Å². The number of ketones is 2. The van der Waals surface area contributed by atoms with Crippen molar-refractivity contribution in [2.24, 2.45) is 11.8 Å². The van der Waals surface area contributed by atoms with E-state index in [2.05, 4.69) is 6.92 Å². The number of carbonyl (C=O) groups is 2. The first kappa shape index (κ1) is 10.4. The van der Waals surface area contributed by atoms with Gasteiger partial charge in [0.05, 0.1) is 5.92 Å². The zero-order chi connectivity index (χ0) is 9.84. The van der Waals surface area contributed by atoms with E-state index in [0.29, 0.717) is 12.8 Å². The van der Waals surface area contributed by atoms with Gasteiger partial charge in [-0.1, -0.05) is 26.7 Å². The Balaban J connectivity index is 2.52. The Morgan fingerprint density at radius 2 is 1.77 bits per heavy atom. The Bertz CT molecular complexity index is 190. The lowest BCUT2D eigenvalue weighted by molar-refractivity contribution is -0.137. The minimum Gasteiger partial charge on any atom is -0.299 e. The fraction of sp³-hybridized carbons (Fsp3) is 0.818. The van der Waals surface area contributed by atoms with Gasteiger partial charge in [-0.05, 0) is 12.3 Å². The minimum absolute atomic E-state index is 0.178. The van der Waals surface area contributed by atoms with E-state index >= 15 is 0 Å². The summed E-state index contributed by atoms with van der Waals surface area (Å²) in [5.74, 6) is 0.378. The molecule has 0 amide bonds. The van der Waals surface area contributed by atoms with Crippen molar-refractivity contribution in [3.63, 3.8) is 0 Å². The van der Waals surface area contributed by atoms with Crippen LogP contribution in [0.3, 0.4) is 0 Å². The summed E-state index contributed by atoms with van der Waals surface area (Å²) in [6, 6.07) is 0. The van der Waals surface area contributed by atoms with E-state index in [-0.39, 0.29) is 23.4 Å². The maximum absolute atomic E-state index is 11.5. The largest absolute Gasteiger partial charge is 0.299 e. The fourth-order valence-electron chi connectivity index (χ4n) is 1.95. The van der Waals surface area contributed by atoms with Crippen LogP contribution in [0.1, 0.15) is 46.0 Å². The minimum atomic E-state index is -0.254. The number of rotatable bonds is 3. The zero-order valence-corrected chi connectivity index (χ0v) is 8.51. The molecule has 1 aliphatic carbocycles. The summed E-state index contributed by atoms with van der Waals surface area (Å²) in [5.41, 5.74) is 0. The van der Waals surface area contributed by atoms with Crippen molar-refractivity contribution in [1.29, 1.82) is 0 Å². The predicted molar refractivity (Wildman–Crippen MR) is 51.4 cm³/mol. The highest BCUT2D eigenvalue weighted by Crippen LogP contribution is 2.25. The molecule has 13 heavy (non-hydrogen) atoms. The van der Waals surface area contributed by atoms with E-state index in [1.165, 1.54) is 0 Å². The second-order valence-electron chi connectivity index (χ2n) is 4.14. The molecule has 74 valence electrons. The van der Waals surface area contributed by atoms with Gasteiger partial charge in [0.15, 0.2) is 0 Å². The summed E-state index contributed by atoms with van der Waals surface area (Å²) in [7, 11) is 0. The molecule has 1 aliphatic rings. The molecule has 0 N–H and O–H groups in total. The quantitative estimate of drug-likeness (QED) is 0.628. The molecule has 0 atom stereocenters. The van der Waals surface area contributed by atoms with Crippen molar-refractivity contribution in [3.8, 4) is 0 Å². The third-order valence-corrected chi connectivity index (χ3v) is 2.72. The standard InChI is InChI=1S/C11H18O2/c1-3-4-5-9-10(12)6-8(2)7-11(9)13/h8-9H,3-7H2,1-2H3. The van der Waals surface area contributed by atoms with E-state index in [1.807, 2.05) is 6.92 Å². The van der Waals surface area contributed by atoms with Crippen LogP contribution in [0.2, 0.25) is 0 Å². The van der Waals surface area contributed by atoms with Crippen molar-refractivity contribution in [2.45, 2.75) is 46.0 Å². The van der Waals surface area contributed by atoms with E-state index in [0.717, 1.165) is 19.3 Å². The van der Waals surface area contributed by atoms with Crippen molar-refractivity contribution in [2.75, 3.05) is 0 Å². The Kier molecular flexibility index (Phi) is 3.64. The van der Waals surface area contributed by atoms with Gasteiger partial charge in [0.2, 0.25) is 0 Å². The van der Waals surface area contributed by atoms with Gasteiger partial charge in [-0.3, -0.25) is 9.59 Å². The average Bonchev–Trinajstić information content (AvgIpc) is 2.02. The highest BCUT2D eigenvalue weighted by atomic mass is 16.2. The van der Waals surface area contributed by atoms with E-state index in [9.17, 15) is 9.59 Å². The molecule has 0 heterocycles. The molecule has 2 heteroatoms. The second kappa shape index (κ2) is 4.54. The molecule has 0 aliphatic heterocycles. The summed E-state index contributed by atoms with van der Waals surface area (Å²) < 4.78 is 0. The summed E-state index contributed by atoms with van der Waals surface area (Å²) in [5, 5.41) is 0. The van der Waals surface area contributed by atoms with Gasteiger partial charge in [-0.2, -0.15) is 0 Å². The molecule has 0 aromatic carbocycles. The number of carbonyl (C=O) groups excluding carboxylic acids is 2. The molecule has 0 saturated heterocycles. The zero-order valence-electron chi connectivity index (χ0n) is 8.51. The molecule has 0 radical (unpaired) electrons. The lowest BCUT2D eigenvalue weighted by Gasteiger charge is -2.23. The first-order valence-electron chi connectivity index (χ1n) is 5.20. The van der Waals surface area contributed by atoms with E-state index < -0.39 is 0 Å². The van der Waals surface area contributed by atoms with Gasteiger partial charge in [-0.15, -0.1) is 0 Å². The molecule has 0 bridgehead atoms. The van der Waals surface area contributed by atoms with Crippen LogP contribution in [0.5, 0.6) is 0 Å². The van der Waals surface area contributed by atoms with Gasteiger partial charge < -0.3 is 0 Å². The van der Waals surface area contributed by atoms with Crippen LogP contribution in [-0.2, 0) is 9.59 Å². The van der Waals surface area contributed by atoms with Gasteiger partial charge >= 0.3 is 0 Å². The molecule has 0 aromatic rings. The first-order chi connectivity index (χ1) is 6.15. The monoisotopic (exact) mass is 182 g/mol. The van der Waals surface area contributed by atoms with Crippen LogP contribution in [0.25, 0.3) is 0 Å². The summed E-state index contributed by atoms with van der Waals surface area (Å²) >= 11 is 0. The third kappa shape index (κ3) is 2.64. The normalized spacial score (nSPS) is 29.4. The van der Waals surface area contributed by atoms with Crippen LogP contribution in [0.15, 0.2) is 0 Å². The number of hydrogen-bond acceptors (Lipinski definition) is 2. The van der Waals surface area contributed by atoms with Crippen LogP contribution in [-0.4, -0.2) is 11.6 Å². The van der Waals surface area contributed by atoms with E-state index in [4.69, 9.17) is 0 Å². The maximum Gasteiger partial charge on any atom is 0.143 e. The molecule has 2 nitrogen and oxygen atoms in total. The summed E-state index contributed by atoms with van der Waals surface area (Å²) in [6.07, 6.45) is 4.06. The molecule has 0 aromatic heterocycles. The fourth-order valence-corrected chi connectivity index (χ4v) is 1.95. The Labute approximate surface area is 79.7 Å². The first-order valence-corrected chi connectivity index (χ1v) is 5.20. The molecule has 1 fully saturated rings. The molecule has 0 spiro atoms. The molecular weight excluding hydrogens is 164 g/mol. The molecular formula is C11H18O2. The Morgan fingerprint density at radius 1 is 1.23 bits per heavy atom. The topological polar surface area (TPSA) is 34.1 Å². The smallest absolute Gasteiger partial charge is 0.143 e. The van der Waals surface area contributed by atoms with Gasteiger partial charge in [0, 0.05) is 12.8 Å². The van der Waals surface area contributed by atoms with Crippen LogP contribution >= 0.6 is 0 Å². The SMILES string of the molecule is CCCCC1C(=O)CC(C)CC1=O. The number of Topliss-reactive ketones (excluding diaryl/α,β-unsaturated/α-hetero) is 2. The molecule has 0 unspecified atom stereocenters. The second-order valence-corrected chi connectivity index (χ2v) is 4.14. The van der Waals surface area contributed by atoms with Crippen molar-refractivity contribution < 1.29 is 9.59 Å². The lowest BCUT2D eigenvalue weighted by Crippen LogP contribution is -2.32. The van der Waals surface area contributed by atoms with Gasteiger partial charge in [0.25, 0.3) is 0 Å². The molecule has 1 rings (SSSR count). The van der Waals surface area contributed by atoms with E-state index in [1.54, 1.807) is 0 Å². The predicted octanol–water partition coefficient (Wildman–Crippen LogP) is 2.36. The Morgan fingerprint density at radius 3 is 2.23 bits per heavy atom. The summed E-state index contributed by atoms with van der Waals surface area (Å²) in [6.45, 7) is 4.06. The highest BCUT2D eigenvalue weighted by Gasteiger charge is 2.32. The summed E-state index contributed by atoms with van der Waals surface area (Å²) in [4.78, 5) is 23.0. The van der Waals surface area contributed by atoms with Crippen molar-refractivity contribution in [1.82, 2.24) is 0 Å².